The van der Waals surface area contributed by atoms with Gasteiger partial charge in [-0.1, -0.05) is 49.7 Å². The molecule has 39 heavy (non-hydrogen) atoms. The van der Waals surface area contributed by atoms with E-state index in [0.717, 1.165) is 5.56 Å². The number of aliphatic hydroxyl groups excluding tert-OH is 1. The van der Waals surface area contributed by atoms with Crippen LogP contribution in [0.2, 0.25) is 5.02 Å². The van der Waals surface area contributed by atoms with Crippen LogP contribution in [0.1, 0.15) is 45.1 Å². The van der Waals surface area contributed by atoms with E-state index in [4.69, 9.17) is 16.3 Å². The second-order valence-electron chi connectivity index (χ2n) is 11.2. The van der Waals surface area contributed by atoms with Crippen LogP contribution in [0.5, 0.6) is 0 Å². The molecular formula is C30H39ClN2O5S. The predicted octanol–water partition coefficient (Wildman–Crippen LogP) is 4.78. The molecule has 1 aromatic carbocycles. The second-order valence-corrected chi connectivity index (χ2v) is 13.2. The summed E-state index contributed by atoms with van der Waals surface area (Å²) in [5.74, 6) is -2.04. The first kappa shape index (κ1) is 29.7. The Balaban J connectivity index is 1.82. The predicted molar refractivity (Wildman–Crippen MR) is 156 cm³/mol. The van der Waals surface area contributed by atoms with Crippen LogP contribution in [0, 0.1) is 24.7 Å². The minimum atomic E-state index is -0.859. The van der Waals surface area contributed by atoms with Gasteiger partial charge in [-0.25, -0.2) is 0 Å². The molecule has 2 amide bonds. The number of amides is 2. The molecule has 2 unspecified atom stereocenters. The fourth-order valence-electron chi connectivity index (χ4n) is 6.72. The topological polar surface area (TPSA) is 87.2 Å². The summed E-state index contributed by atoms with van der Waals surface area (Å²) in [5.41, 5.74) is 1.41. The molecule has 212 valence electrons. The van der Waals surface area contributed by atoms with Gasteiger partial charge >= 0.3 is 5.97 Å². The van der Waals surface area contributed by atoms with Gasteiger partial charge in [-0.3, -0.25) is 14.4 Å². The van der Waals surface area contributed by atoms with E-state index in [1.807, 2.05) is 32.9 Å². The summed E-state index contributed by atoms with van der Waals surface area (Å²) in [5, 5.41) is 10.8. The van der Waals surface area contributed by atoms with Gasteiger partial charge in [-0.05, 0) is 50.2 Å². The molecule has 1 aromatic rings. The van der Waals surface area contributed by atoms with Crippen LogP contribution in [0.4, 0.5) is 5.69 Å². The van der Waals surface area contributed by atoms with E-state index in [9.17, 15) is 19.5 Å². The van der Waals surface area contributed by atoms with Gasteiger partial charge in [0, 0.05) is 11.8 Å². The Hall–Kier alpha value is -2.29. The van der Waals surface area contributed by atoms with Gasteiger partial charge in [0.25, 0.3) is 5.91 Å². The van der Waals surface area contributed by atoms with Gasteiger partial charge < -0.3 is 19.6 Å². The SMILES string of the molecule is C=CCCOC(=O)[C@@H]1[C@@H]2CCC3(S2)C(C(=O)N(CC=C)c2c(C)cccc2Cl)N([C@@H](CO)CC(C)C)C(=O)[C@H]13. The van der Waals surface area contributed by atoms with Crippen LogP contribution >= 0.6 is 23.4 Å². The molecule has 3 saturated heterocycles. The third-order valence-electron chi connectivity index (χ3n) is 8.19. The number of para-hydroxylation sites is 1. The highest BCUT2D eigenvalue weighted by Crippen LogP contribution is 2.67. The van der Waals surface area contributed by atoms with Gasteiger partial charge in [-0.2, -0.15) is 0 Å². The smallest absolute Gasteiger partial charge is 0.310 e. The number of esters is 1. The number of carbonyl (C=O) groups is 3. The third-order valence-corrected chi connectivity index (χ3v) is 10.5. The largest absolute Gasteiger partial charge is 0.465 e. The average molecular weight is 575 g/mol. The van der Waals surface area contributed by atoms with E-state index >= 15 is 0 Å². The van der Waals surface area contributed by atoms with Crippen LogP contribution < -0.4 is 4.90 Å². The molecule has 7 nitrogen and oxygen atoms in total. The third kappa shape index (κ3) is 5.16. The number of aryl methyl sites for hydroxylation is 1. The van der Waals surface area contributed by atoms with Gasteiger partial charge in [0.2, 0.25) is 5.91 Å². The molecule has 4 rings (SSSR count). The molecule has 3 aliphatic heterocycles. The van der Waals surface area contributed by atoms with E-state index in [2.05, 4.69) is 13.2 Å². The quantitative estimate of drug-likeness (QED) is 0.219. The van der Waals surface area contributed by atoms with Crippen molar-refractivity contribution in [1.29, 1.82) is 0 Å². The Bertz CT molecular complexity index is 1120. The van der Waals surface area contributed by atoms with Crippen LogP contribution in [-0.4, -0.2) is 69.6 Å². The fourth-order valence-corrected chi connectivity index (χ4v) is 9.23. The molecule has 3 aliphatic rings. The number of hydrogen-bond acceptors (Lipinski definition) is 6. The average Bonchev–Trinajstić information content (AvgIpc) is 3.53. The van der Waals surface area contributed by atoms with Crippen molar-refractivity contribution in [3.05, 3.63) is 54.1 Å². The number of nitrogens with zero attached hydrogens (tertiary/aromatic N) is 2. The van der Waals surface area contributed by atoms with Crippen LogP contribution in [0.25, 0.3) is 0 Å². The summed E-state index contributed by atoms with van der Waals surface area (Å²) < 4.78 is 4.78. The van der Waals surface area contributed by atoms with Crippen molar-refractivity contribution in [2.45, 2.75) is 68.5 Å². The van der Waals surface area contributed by atoms with Crippen molar-refractivity contribution in [1.82, 2.24) is 4.90 Å². The number of hydrogen-bond donors (Lipinski definition) is 1. The van der Waals surface area contributed by atoms with E-state index < -0.39 is 34.6 Å². The van der Waals surface area contributed by atoms with Crippen molar-refractivity contribution >= 4 is 46.8 Å². The first-order valence-electron chi connectivity index (χ1n) is 13.7. The maximum atomic E-state index is 14.7. The lowest BCUT2D eigenvalue weighted by atomic mass is 9.71. The molecule has 0 saturated carbocycles. The van der Waals surface area contributed by atoms with E-state index in [-0.39, 0.29) is 42.7 Å². The Kier molecular flexibility index (Phi) is 9.19. The molecule has 6 atom stereocenters. The maximum absolute atomic E-state index is 14.7. The van der Waals surface area contributed by atoms with Crippen molar-refractivity contribution in [2.24, 2.45) is 17.8 Å². The van der Waals surface area contributed by atoms with E-state index in [1.165, 1.54) is 0 Å². The zero-order valence-electron chi connectivity index (χ0n) is 23.0. The van der Waals surface area contributed by atoms with Crippen molar-refractivity contribution in [3.8, 4) is 0 Å². The number of thioether (sulfide) groups is 1. The molecule has 0 aromatic heterocycles. The van der Waals surface area contributed by atoms with E-state index in [0.29, 0.717) is 36.4 Å². The van der Waals surface area contributed by atoms with Gasteiger partial charge in [0.15, 0.2) is 0 Å². The summed E-state index contributed by atoms with van der Waals surface area (Å²) in [6.45, 7) is 13.6. The summed E-state index contributed by atoms with van der Waals surface area (Å²) in [6.07, 6.45) is 5.74. The Morgan fingerprint density at radius 3 is 2.69 bits per heavy atom. The lowest BCUT2D eigenvalue weighted by Gasteiger charge is -2.40. The summed E-state index contributed by atoms with van der Waals surface area (Å²) in [6, 6.07) is 4.05. The number of rotatable bonds is 12. The normalized spacial score (nSPS) is 27.9. The van der Waals surface area contributed by atoms with Crippen molar-refractivity contribution in [3.63, 3.8) is 0 Å². The summed E-state index contributed by atoms with van der Waals surface area (Å²) >= 11 is 8.21. The number of carbonyl (C=O) groups excluding carboxylic acids is 3. The first-order valence-corrected chi connectivity index (χ1v) is 14.9. The zero-order valence-corrected chi connectivity index (χ0v) is 24.5. The summed E-state index contributed by atoms with van der Waals surface area (Å²) in [7, 11) is 0. The van der Waals surface area contributed by atoms with Crippen LogP contribution in [0.3, 0.4) is 0 Å². The van der Waals surface area contributed by atoms with Crippen molar-refractivity contribution < 1.29 is 24.2 Å². The first-order chi connectivity index (χ1) is 18.6. The molecule has 0 aliphatic carbocycles. The number of fused-ring (bicyclic) bond motifs is 1. The molecule has 0 radical (unpaired) electrons. The van der Waals surface area contributed by atoms with Gasteiger partial charge in [-0.15, -0.1) is 24.9 Å². The Morgan fingerprint density at radius 1 is 1.33 bits per heavy atom. The number of ether oxygens (including phenoxy) is 1. The molecule has 3 fully saturated rings. The monoisotopic (exact) mass is 574 g/mol. The molecular weight excluding hydrogens is 536 g/mol. The number of anilines is 1. The molecule has 1 spiro atoms. The Labute approximate surface area is 240 Å². The minimum absolute atomic E-state index is 0.0970. The van der Waals surface area contributed by atoms with Gasteiger partial charge in [0.1, 0.15) is 6.04 Å². The summed E-state index contributed by atoms with van der Waals surface area (Å²) in [4.78, 5) is 45.6. The minimum Gasteiger partial charge on any atom is -0.465 e. The molecule has 9 heteroatoms. The molecule has 2 bridgehead atoms. The number of aliphatic hydroxyl groups is 1. The van der Waals surface area contributed by atoms with Crippen molar-refractivity contribution in [2.75, 3.05) is 24.7 Å². The zero-order chi connectivity index (χ0) is 28.5. The lowest BCUT2D eigenvalue weighted by molar-refractivity contribution is -0.154. The second kappa shape index (κ2) is 12.1. The van der Waals surface area contributed by atoms with E-state index in [1.54, 1.807) is 39.8 Å². The number of likely N-dealkylation sites (tertiary alicyclic amines) is 1. The number of halogens is 1. The van der Waals surface area contributed by atoms with Gasteiger partial charge in [0.05, 0.1) is 46.5 Å². The molecule has 1 N–H and O–H groups in total. The highest BCUT2D eigenvalue weighted by molar-refractivity contribution is 8.02. The lowest BCUT2D eigenvalue weighted by Crippen LogP contribution is -2.58. The highest BCUT2D eigenvalue weighted by atomic mass is 35.5. The highest BCUT2D eigenvalue weighted by Gasteiger charge is 2.74. The molecule has 3 heterocycles. The standard InChI is InChI=1S/C30H39ClN2O5S/c1-6-8-15-38-29(37)23-22-12-13-30(39-22)24(23)27(35)33(20(17-34)16-18(3)4)26(30)28(36)32(14-7-2)25-19(5)10-9-11-21(25)31/h6-7,9-11,18,20,22-24,26,34H,1-2,8,12-17H2,3-5H3/t20-,22+,23-,24+,26?,30?/m1/s1. The van der Waals surface area contributed by atoms with Crippen LogP contribution in [-0.2, 0) is 19.1 Å². The van der Waals surface area contributed by atoms with Crippen LogP contribution in [0.15, 0.2) is 43.5 Å². The maximum Gasteiger partial charge on any atom is 0.310 e. The Morgan fingerprint density at radius 2 is 2.08 bits per heavy atom. The fraction of sp³-hybridized carbons (Fsp3) is 0.567. The number of benzene rings is 1.